The van der Waals surface area contributed by atoms with E-state index in [0.29, 0.717) is 25.0 Å². The van der Waals surface area contributed by atoms with Crippen LogP contribution in [0.2, 0.25) is 0 Å². The van der Waals surface area contributed by atoms with Crippen molar-refractivity contribution in [3.8, 4) is 5.69 Å². The zero-order chi connectivity index (χ0) is 15.2. The third-order valence-electron chi connectivity index (χ3n) is 3.67. The highest BCUT2D eigenvalue weighted by atomic mass is 19.4. The second kappa shape index (κ2) is 4.84. The summed E-state index contributed by atoms with van der Waals surface area (Å²) < 4.78 is 54.4. The number of fused-ring (bicyclic) bond motifs is 1. The van der Waals surface area contributed by atoms with E-state index in [1.54, 1.807) is 6.07 Å². The lowest BCUT2D eigenvalue weighted by molar-refractivity contribution is -0.142. The molecule has 1 aliphatic carbocycles. The van der Waals surface area contributed by atoms with E-state index in [2.05, 4.69) is 5.10 Å². The molecule has 0 radical (unpaired) electrons. The molecule has 2 aromatic rings. The highest BCUT2D eigenvalue weighted by Crippen LogP contribution is 2.40. The molecule has 0 saturated heterocycles. The van der Waals surface area contributed by atoms with Gasteiger partial charge in [0.2, 0.25) is 0 Å². The summed E-state index contributed by atoms with van der Waals surface area (Å²) in [4.78, 5) is 0. The molecule has 3 rings (SSSR count). The van der Waals surface area contributed by atoms with Gasteiger partial charge in [0.15, 0.2) is 5.69 Å². The van der Waals surface area contributed by atoms with Gasteiger partial charge in [0, 0.05) is 17.3 Å². The maximum Gasteiger partial charge on any atom is 0.435 e. The molecule has 1 heterocycles. The SMILES string of the molecule is NC1CCCc2c1c(C(F)(F)F)nn2-c1ccccc1F. The second-order valence-corrected chi connectivity index (χ2v) is 5.07. The average molecular weight is 299 g/mol. The highest BCUT2D eigenvalue weighted by molar-refractivity contribution is 5.42. The van der Waals surface area contributed by atoms with Crippen molar-refractivity contribution in [3.63, 3.8) is 0 Å². The van der Waals surface area contributed by atoms with E-state index in [0.717, 1.165) is 4.68 Å². The molecule has 1 unspecified atom stereocenters. The fourth-order valence-corrected chi connectivity index (χ4v) is 2.76. The molecular weight excluding hydrogens is 286 g/mol. The minimum absolute atomic E-state index is 0.00277. The molecule has 1 aromatic heterocycles. The predicted molar refractivity (Wildman–Crippen MR) is 68.4 cm³/mol. The standard InChI is InChI=1S/C14H13F4N3/c15-8-4-1-2-6-10(8)21-11-7-3-5-9(19)12(11)13(20-21)14(16,17)18/h1-2,4,6,9H,3,5,7,19H2. The van der Waals surface area contributed by atoms with Crippen molar-refractivity contribution in [2.24, 2.45) is 5.73 Å². The van der Waals surface area contributed by atoms with Gasteiger partial charge in [-0.15, -0.1) is 0 Å². The number of para-hydroxylation sites is 1. The van der Waals surface area contributed by atoms with Crippen LogP contribution >= 0.6 is 0 Å². The number of halogens is 4. The first-order valence-electron chi connectivity index (χ1n) is 6.59. The molecule has 1 aromatic carbocycles. The number of hydrogen-bond acceptors (Lipinski definition) is 2. The fourth-order valence-electron chi connectivity index (χ4n) is 2.76. The Labute approximate surface area is 118 Å². The van der Waals surface area contributed by atoms with Gasteiger partial charge in [-0.05, 0) is 31.4 Å². The van der Waals surface area contributed by atoms with Crippen LogP contribution in [-0.4, -0.2) is 9.78 Å². The Balaban J connectivity index is 2.26. The third kappa shape index (κ3) is 2.31. The van der Waals surface area contributed by atoms with Crippen molar-refractivity contribution in [2.75, 3.05) is 0 Å². The van der Waals surface area contributed by atoms with Gasteiger partial charge in [-0.3, -0.25) is 0 Å². The molecule has 0 amide bonds. The number of nitrogens with two attached hydrogens (primary N) is 1. The number of aromatic nitrogens is 2. The molecule has 0 aliphatic heterocycles. The van der Waals surface area contributed by atoms with E-state index in [9.17, 15) is 17.6 Å². The number of nitrogens with zero attached hydrogens (tertiary/aromatic N) is 2. The molecule has 0 bridgehead atoms. The van der Waals surface area contributed by atoms with E-state index in [1.165, 1.54) is 18.2 Å². The van der Waals surface area contributed by atoms with Crippen molar-refractivity contribution < 1.29 is 17.6 Å². The summed E-state index contributed by atoms with van der Waals surface area (Å²) in [6.07, 6.45) is -3.07. The first kappa shape index (κ1) is 14.1. The second-order valence-electron chi connectivity index (χ2n) is 5.07. The summed E-state index contributed by atoms with van der Waals surface area (Å²) >= 11 is 0. The average Bonchev–Trinajstić information content (AvgIpc) is 2.80. The summed E-state index contributed by atoms with van der Waals surface area (Å²) in [6.45, 7) is 0. The van der Waals surface area contributed by atoms with Gasteiger partial charge in [0.05, 0.1) is 0 Å². The van der Waals surface area contributed by atoms with Gasteiger partial charge in [-0.1, -0.05) is 12.1 Å². The first-order chi connectivity index (χ1) is 9.89. The Hall–Kier alpha value is -1.89. The van der Waals surface area contributed by atoms with Crippen molar-refractivity contribution in [2.45, 2.75) is 31.5 Å². The van der Waals surface area contributed by atoms with Crippen molar-refractivity contribution in [1.29, 1.82) is 0 Å². The number of rotatable bonds is 1. The topological polar surface area (TPSA) is 43.8 Å². The first-order valence-corrected chi connectivity index (χ1v) is 6.59. The minimum Gasteiger partial charge on any atom is -0.324 e. The van der Waals surface area contributed by atoms with Gasteiger partial charge in [0.25, 0.3) is 0 Å². The lowest BCUT2D eigenvalue weighted by Gasteiger charge is -2.21. The van der Waals surface area contributed by atoms with Gasteiger partial charge < -0.3 is 5.73 Å². The highest BCUT2D eigenvalue weighted by Gasteiger charge is 2.42. The molecule has 1 aliphatic rings. The van der Waals surface area contributed by atoms with Crippen LogP contribution in [0.1, 0.15) is 35.8 Å². The van der Waals surface area contributed by atoms with Gasteiger partial charge in [-0.2, -0.15) is 18.3 Å². The van der Waals surface area contributed by atoms with Crippen molar-refractivity contribution in [3.05, 3.63) is 47.0 Å². The van der Waals surface area contributed by atoms with Crippen molar-refractivity contribution >= 4 is 0 Å². The number of alkyl halides is 3. The van der Waals surface area contributed by atoms with E-state index in [4.69, 9.17) is 5.73 Å². The molecule has 112 valence electrons. The predicted octanol–water partition coefficient (Wildman–Crippen LogP) is 3.37. The summed E-state index contributed by atoms with van der Waals surface area (Å²) in [5.74, 6) is -0.615. The fraction of sp³-hybridized carbons (Fsp3) is 0.357. The van der Waals surface area contributed by atoms with Gasteiger partial charge >= 0.3 is 6.18 Å². The molecule has 0 spiro atoms. The number of hydrogen-bond donors (Lipinski definition) is 1. The Bertz CT molecular complexity index is 675. The lowest BCUT2D eigenvalue weighted by atomic mass is 9.91. The molecule has 0 saturated carbocycles. The third-order valence-corrected chi connectivity index (χ3v) is 3.67. The Morgan fingerprint density at radius 1 is 1.24 bits per heavy atom. The summed E-state index contributed by atoms with van der Waals surface area (Å²) in [5, 5.41) is 3.62. The zero-order valence-electron chi connectivity index (χ0n) is 11.0. The maximum atomic E-state index is 13.9. The largest absolute Gasteiger partial charge is 0.435 e. The van der Waals surface area contributed by atoms with Crippen LogP contribution in [0.4, 0.5) is 17.6 Å². The lowest BCUT2D eigenvalue weighted by Crippen LogP contribution is -2.21. The van der Waals surface area contributed by atoms with E-state index < -0.39 is 23.7 Å². The van der Waals surface area contributed by atoms with E-state index in [-0.39, 0.29) is 11.3 Å². The Morgan fingerprint density at radius 3 is 2.62 bits per heavy atom. The quantitative estimate of drug-likeness (QED) is 0.821. The van der Waals surface area contributed by atoms with Crippen LogP contribution in [0.5, 0.6) is 0 Å². The van der Waals surface area contributed by atoms with Crippen LogP contribution in [-0.2, 0) is 12.6 Å². The van der Waals surface area contributed by atoms with Gasteiger partial charge in [-0.25, -0.2) is 9.07 Å². The van der Waals surface area contributed by atoms with E-state index >= 15 is 0 Å². The molecule has 21 heavy (non-hydrogen) atoms. The van der Waals surface area contributed by atoms with Crippen LogP contribution in [0.15, 0.2) is 24.3 Å². The summed E-state index contributed by atoms with van der Waals surface area (Å²) in [7, 11) is 0. The van der Waals surface area contributed by atoms with E-state index in [1.807, 2.05) is 0 Å². The van der Waals surface area contributed by atoms with Crippen molar-refractivity contribution in [1.82, 2.24) is 9.78 Å². The monoisotopic (exact) mass is 299 g/mol. The van der Waals surface area contributed by atoms with Crippen LogP contribution in [0.3, 0.4) is 0 Å². The Kier molecular flexibility index (Phi) is 3.24. The molecular formula is C14H13F4N3. The Morgan fingerprint density at radius 2 is 1.95 bits per heavy atom. The molecule has 3 nitrogen and oxygen atoms in total. The zero-order valence-corrected chi connectivity index (χ0v) is 11.0. The molecule has 1 atom stereocenters. The normalized spacial score (nSPS) is 18.6. The van der Waals surface area contributed by atoms with Gasteiger partial charge in [0.1, 0.15) is 11.5 Å². The number of benzene rings is 1. The molecule has 2 N–H and O–H groups in total. The molecule has 7 heteroatoms. The minimum atomic E-state index is -4.60. The van der Waals surface area contributed by atoms with Crippen LogP contribution < -0.4 is 5.73 Å². The molecule has 0 fully saturated rings. The van der Waals surface area contributed by atoms with Crippen LogP contribution in [0.25, 0.3) is 5.69 Å². The smallest absolute Gasteiger partial charge is 0.324 e. The maximum absolute atomic E-state index is 13.9. The van der Waals surface area contributed by atoms with Crippen LogP contribution in [0, 0.1) is 5.82 Å². The summed E-state index contributed by atoms with van der Waals surface area (Å²) in [5.41, 5.74) is 5.18. The summed E-state index contributed by atoms with van der Waals surface area (Å²) in [6, 6.07) is 4.92.